The average molecular weight is 208 g/mol. The Balaban J connectivity index is 2.67. The molecule has 84 valence electrons. The van der Waals surface area contributed by atoms with Crippen molar-refractivity contribution in [2.75, 3.05) is 0 Å². The van der Waals surface area contributed by atoms with Crippen LogP contribution < -0.4 is 5.32 Å². The van der Waals surface area contributed by atoms with Crippen molar-refractivity contribution in [3.63, 3.8) is 0 Å². The highest BCUT2D eigenvalue weighted by molar-refractivity contribution is 5.73. The molecule has 0 aromatic carbocycles. The van der Waals surface area contributed by atoms with Crippen LogP contribution in [0, 0.1) is 22.7 Å². The minimum Gasteiger partial charge on any atom is -0.351 e. The van der Waals surface area contributed by atoms with Crippen LogP contribution in [0.2, 0.25) is 0 Å². The van der Waals surface area contributed by atoms with Crippen molar-refractivity contribution in [1.82, 2.24) is 5.32 Å². The first kappa shape index (κ1) is 12.0. The van der Waals surface area contributed by atoms with E-state index in [4.69, 9.17) is 5.26 Å². The first-order chi connectivity index (χ1) is 6.79. The van der Waals surface area contributed by atoms with Crippen LogP contribution in [0.25, 0.3) is 0 Å². The lowest BCUT2D eigenvalue weighted by Gasteiger charge is -2.28. The molecule has 1 fully saturated rings. The molecule has 3 heteroatoms. The highest BCUT2D eigenvalue weighted by atomic mass is 16.1. The molecular formula is C12H20N2O. The van der Waals surface area contributed by atoms with Crippen LogP contribution in [0.4, 0.5) is 0 Å². The fraction of sp³-hybridized carbons (Fsp3) is 0.833. The normalized spacial score (nSPS) is 31.0. The number of hydrogen-bond donors (Lipinski definition) is 1. The summed E-state index contributed by atoms with van der Waals surface area (Å²) in [5.41, 5.74) is -0.388. The number of nitriles is 1. The van der Waals surface area contributed by atoms with Crippen LogP contribution in [0.5, 0.6) is 0 Å². The van der Waals surface area contributed by atoms with E-state index in [0.29, 0.717) is 5.92 Å². The summed E-state index contributed by atoms with van der Waals surface area (Å²) >= 11 is 0. The summed E-state index contributed by atoms with van der Waals surface area (Å²) in [5.74, 6) is 0.410. The average Bonchev–Trinajstić information content (AvgIpc) is 2.47. The van der Waals surface area contributed by atoms with Gasteiger partial charge < -0.3 is 5.32 Å². The minimum atomic E-state index is -0.282. The van der Waals surface area contributed by atoms with E-state index < -0.39 is 0 Å². The minimum absolute atomic E-state index is 0.0212. The largest absolute Gasteiger partial charge is 0.351 e. The molecule has 1 amide bonds. The van der Waals surface area contributed by atoms with Gasteiger partial charge in [-0.25, -0.2) is 0 Å². The molecule has 1 N–H and O–H groups in total. The number of carbonyl (C=O) groups excluding carboxylic acids is 1. The van der Waals surface area contributed by atoms with E-state index in [2.05, 4.69) is 18.3 Å². The summed E-state index contributed by atoms with van der Waals surface area (Å²) in [6.45, 7) is 7.59. The molecule has 0 aliphatic heterocycles. The fourth-order valence-electron chi connectivity index (χ4n) is 2.49. The maximum atomic E-state index is 11.1. The number of carbonyl (C=O) groups is 1. The number of hydrogen-bond acceptors (Lipinski definition) is 2. The summed E-state index contributed by atoms with van der Waals surface area (Å²) in [4.78, 5) is 11.1. The lowest BCUT2D eigenvalue weighted by Crippen LogP contribution is -2.43. The Labute approximate surface area is 91.9 Å². The summed E-state index contributed by atoms with van der Waals surface area (Å²) < 4.78 is 0. The lowest BCUT2D eigenvalue weighted by molar-refractivity contribution is -0.120. The summed E-state index contributed by atoms with van der Waals surface area (Å²) in [6, 6.07) is 2.36. The van der Waals surface area contributed by atoms with E-state index >= 15 is 0 Å². The first-order valence-corrected chi connectivity index (χ1v) is 5.49. The predicted octanol–water partition coefficient (Wildman–Crippen LogP) is 2.23. The maximum absolute atomic E-state index is 11.1. The van der Waals surface area contributed by atoms with Crippen molar-refractivity contribution in [3.8, 4) is 6.07 Å². The Bertz CT molecular complexity index is 303. The molecule has 0 bridgehead atoms. The van der Waals surface area contributed by atoms with Crippen molar-refractivity contribution < 1.29 is 4.79 Å². The third-order valence-electron chi connectivity index (χ3n) is 3.53. The number of rotatable bonds is 2. The van der Waals surface area contributed by atoms with E-state index in [-0.39, 0.29) is 16.9 Å². The lowest BCUT2D eigenvalue weighted by atomic mass is 9.78. The van der Waals surface area contributed by atoms with Crippen molar-refractivity contribution in [1.29, 1.82) is 5.26 Å². The topological polar surface area (TPSA) is 52.9 Å². The highest BCUT2D eigenvalue weighted by Gasteiger charge is 2.42. The molecule has 0 spiro atoms. The van der Waals surface area contributed by atoms with Gasteiger partial charge in [-0.1, -0.05) is 0 Å². The van der Waals surface area contributed by atoms with Gasteiger partial charge in [0.2, 0.25) is 5.91 Å². The van der Waals surface area contributed by atoms with Crippen LogP contribution in [0.3, 0.4) is 0 Å². The second-order valence-electron chi connectivity index (χ2n) is 5.52. The number of amides is 1. The van der Waals surface area contributed by atoms with Gasteiger partial charge in [0.1, 0.15) is 0 Å². The highest BCUT2D eigenvalue weighted by Crippen LogP contribution is 2.43. The fourth-order valence-corrected chi connectivity index (χ4v) is 2.49. The van der Waals surface area contributed by atoms with Crippen molar-refractivity contribution >= 4 is 5.91 Å². The van der Waals surface area contributed by atoms with Gasteiger partial charge in [0.15, 0.2) is 0 Å². The predicted molar refractivity (Wildman–Crippen MR) is 59.0 cm³/mol. The monoisotopic (exact) mass is 208 g/mol. The second kappa shape index (κ2) is 3.84. The summed E-state index contributed by atoms with van der Waals surface area (Å²) in [6.07, 6.45) is 2.91. The number of nitrogens with zero attached hydrogens (tertiary/aromatic N) is 1. The van der Waals surface area contributed by atoms with Crippen molar-refractivity contribution in [2.24, 2.45) is 11.3 Å². The van der Waals surface area contributed by atoms with E-state index in [9.17, 15) is 4.79 Å². The third-order valence-corrected chi connectivity index (χ3v) is 3.53. The summed E-state index contributed by atoms with van der Waals surface area (Å²) in [7, 11) is 0. The Morgan fingerprint density at radius 2 is 2.20 bits per heavy atom. The van der Waals surface area contributed by atoms with Gasteiger partial charge in [-0.05, 0) is 46.0 Å². The van der Waals surface area contributed by atoms with Crippen LogP contribution >= 0.6 is 0 Å². The molecule has 2 atom stereocenters. The molecule has 0 radical (unpaired) electrons. The van der Waals surface area contributed by atoms with E-state index in [1.54, 1.807) is 6.92 Å². The standard InChI is InChI=1S/C12H20N2O/c1-9(15)14-12(4)6-5-10(7-12)11(2,3)8-13/h10H,5-7H2,1-4H3,(H,14,15)/t10-,12-/m1/s1. The van der Waals surface area contributed by atoms with Crippen LogP contribution in [0.1, 0.15) is 47.0 Å². The van der Waals surface area contributed by atoms with Gasteiger partial charge in [-0.3, -0.25) is 4.79 Å². The van der Waals surface area contributed by atoms with Gasteiger partial charge in [0, 0.05) is 12.5 Å². The molecule has 0 heterocycles. The molecule has 1 saturated carbocycles. The van der Waals surface area contributed by atoms with E-state index in [0.717, 1.165) is 19.3 Å². The van der Waals surface area contributed by atoms with Gasteiger partial charge in [0.05, 0.1) is 11.5 Å². The molecule has 3 nitrogen and oxygen atoms in total. The molecule has 1 aliphatic carbocycles. The molecule has 0 unspecified atom stereocenters. The quantitative estimate of drug-likeness (QED) is 0.756. The zero-order chi connectivity index (χ0) is 11.7. The van der Waals surface area contributed by atoms with Crippen LogP contribution in [0.15, 0.2) is 0 Å². The van der Waals surface area contributed by atoms with Crippen LogP contribution in [-0.4, -0.2) is 11.4 Å². The molecule has 15 heavy (non-hydrogen) atoms. The van der Waals surface area contributed by atoms with Gasteiger partial charge in [-0.15, -0.1) is 0 Å². The molecule has 1 aliphatic rings. The van der Waals surface area contributed by atoms with Gasteiger partial charge >= 0.3 is 0 Å². The molecule has 1 rings (SSSR count). The summed E-state index contributed by atoms with van der Waals surface area (Å²) in [5, 5.41) is 12.1. The number of nitrogens with one attached hydrogen (secondary N) is 1. The Kier molecular flexibility index (Phi) is 3.08. The Morgan fingerprint density at radius 1 is 1.60 bits per heavy atom. The zero-order valence-corrected chi connectivity index (χ0v) is 10.1. The van der Waals surface area contributed by atoms with Crippen LogP contribution in [-0.2, 0) is 4.79 Å². The third kappa shape index (κ3) is 2.71. The maximum Gasteiger partial charge on any atom is 0.217 e. The van der Waals surface area contributed by atoms with Gasteiger partial charge in [0.25, 0.3) is 0 Å². The Hall–Kier alpha value is -1.04. The molecule has 0 aromatic rings. The van der Waals surface area contributed by atoms with Crippen molar-refractivity contribution in [3.05, 3.63) is 0 Å². The van der Waals surface area contributed by atoms with Gasteiger partial charge in [-0.2, -0.15) is 5.26 Å². The smallest absolute Gasteiger partial charge is 0.217 e. The first-order valence-electron chi connectivity index (χ1n) is 5.49. The molecular weight excluding hydrogens is 188 g/mol. The van der Waals surface area contributed by atoms with Crippen molar-refractivity contribution in [2.45, 2.75) is 52.5 Å². The SMILES string of the molecule is CC(=O)N[C@]1(C)CC[C@@H](C(C)(C)C#N)C1. The van der Waals surface area contributed by atoms with E-state index in [1.165, 1.54) is 0 Å². The Morgan fingerprint density at radius 3 is 2.67 bits per heavy atom. The zero-order valence-electron chi connectivity index (χ0n) is 10.1. The molecule has 0 aromatic heterocycles. The molecule has 0 saturated heterocycles. The van der Waals surface area contributed by atoms with E-state index in [1.807, 2.05) is 13.8 Å². The second-order valence-corrected chi connectivity index (χ2v) is 5.52.